The molecule has 66 valence electrons. The van der Waals surface area contributed by atoms with Crippen molar-refractivity contribution in [3.05, 3.63) is 34.1 Å². The Morgan fingerprint density at radius 3 is 3.00 bits per heavy atom. The maximum atomic E-state index is 10.6. The number of nitrogens with zero attached hydrogens (tertiary/aromatic N) is 1. The Bertz CT molecular complexity index is 261. The predicted molar refractivity (Wildman–Crippen MR) is 52.6 cm³/mol. The molecule has 5 heteroatoms. The summed E-state index contributed by atoms with van der Waals surface area (Å²) in [5.41, 5.74) is 0. The van der Waals surface area contributed by atoms with E-state index in [0.29, 0.717) is 12.2 Å². The highest BCUT2D eigenvalue weighted by Crippen LogP contribution is 2.31. The molecule has 0 saturated carbocycles. The molecule has 0 N–H and O–H groups in total. The van der Waals surface area contributed by atoms with Crippen molar-refractivity contribution in [2.75, 3.05) is 7.11 Å². The van der Waals surface area contributed by atoms with Gasteiger partial charge in [-0.25, -0.2) is 0 Å². The van der Waals surface area contributed by atoms with Gasteiger partial charge in [-0.15, -0.1) is 0 Å². The highest BCUT2D eigenvalue weighted by Gasteiger charge is 2.38. The lowest BCUT2D eigenvalue weighted by atomic mass is 10.1. The molecular weight excluding hydrogens is 273 g/mol. The number of ether oxygens (including phenoxy) is 1. The Kier molecular flexibility index (Phi) is 2.71. The normalized spacial score (nSPS) is 28.0. The van der Waals surface area contributed by atoms with Crippen LogP contribution in [0.15, 0.2) is 24.0 Å². The molecule has 0 fully saturated rings. The molecule has 0 bridgehead atoms. The molecule has 0 aromatic rings. The second-order valence-corrected chi connectivity index (χ2v) is 4.30. The number of alkyl halides is 1. The van der Waals surface area contributed by atoms with Gasteiger partial charge in [-0.3, -0.25) is 10.1 Å². The van der Waals surface area contributed by atoms with Gasteiger partial charge < -0.3 is 4.74 Å². The number of hydrogen-bond donors (Lipinski definition) is 0. The van der Waals surface area contributed by atoms with E-state index in [1.807, 2.05) is 22.6 Å². The molecule has 0 aromatic carbocycles. The summed E-state index contributed by atoms with van der Waals surface area (Å²) >= 11 is 1.81. The average molecular weight is 281 g/mol. The number of rotatable bonds is 2. The lowest BCUT2D eigenvalue weighted by Gasteiger charge is -2.17. The third-order valence-electron chi connectivity index (χ3n) is 1.59. The fraction of sp³-hybridized carbons (Fsp3) is 0.429. The van der Waals surface area contributed by atoms with Gasteiger partial charge in [-0.05, 0) is 6.08 Å². The Balaban J connectivity index is 2.90. The van der Waals surface area contributed by atoms with Crippen LogP contribution in [-0.4, -0.2) is 15.6 Å². The van der Waals surface area contributed by atoms with Crippen molar-refractivity contribution >= 4 is 22.6 Å². The van der Waals surface area contributed by atoms with E-state index in [-0.39, 0.29) is 4.92 Å². The Hall–Kier alpha value is -0.590. The van der Waals surface area contributed by atoms with Crippen LogP contribution in [0.5, 0.6) is 0 Å². The first-order valence-electron chi connectivity index (χ1n) is 3.35. The Morgan fingerprint density at radius 1 is 1.83 bits per heavy atom. The van der Waals surface area contributed by atoms with E-state index in [1.54, 1.807) is 12.2 Å². The van der Waals surface area contributed by atoms with Crippen molar-refractivity contribution in [3.8, 4) is 0 Å². The van der Waals surface area contributed by atoms with Crippen LogP contribution in [0.1, 0.15) is 6.42 Å². The van der Waals surface area contributed by atoms with Gasteiger partial charge in [0.25, 0.3) is 3.55 Å². The zero-order chi connectivity index (χ0) is 9.19. The SMILES string of the molecule is COC1=CC(I)([N+](=O)[O-])CC=C1. The quantitative estimate of drug-likeness (QED) is 0.255. The Labute approximate surface area is 83.6 Å². The molecule has 4 nitrogen and oxygen atoms in total. The second-order valence-electron chi connectivity index (χ2n) is 2.43. The summed E-state index contributed by atoms with van der Waals surface area (Å²) in [6.07, 6.45) is 5.41. The molecule has 0 spiro atoms. The van der Waals surface area contributed by atoms with Gasteiger partial charge in [0.2, 0.25) is 0 Å². The number of hydrogen-bond acceptors (Lipinski definition) is 3. The van der Waals surface area contributed by atoms with Crippen molar-refractivity contribution in [1.29, 1.82) is 0 Å². The van der Waals surface area contributed by atoms with Crippen LogP contribution in [-0.2, 0) is 4.74 Å². The summed E-state index contributed by atoms with van der Waals surface area (Å²) < 4.78 is 3.87. The van der Waals surface area contributed by atoms with E-state index < -0.39 is 3.55 Å². The summed E-state index contributed by atoms with van der Waals surface area (Å²) in [6.45, 7) is 0. The largest absolute Gasteiger partial charge is 0.497 e. The Morgan fingerprint density at radius 2 is 2.50 bits per heavy atom. The third kappa shape index (κ3) is 1.77. The molecule has 1 unspecified atom stereocenters. The highest BCUT2D eigenvalue weighted by molar-refractivity contribution is 14.1. The minimum absolute atomic E-state index is 0.309. The zero-order valence-corrected chi connectivity index (χ0v) is 8.65. The molecular formula is C7H8INO3. The summed E-state index contributed by atoms with van der Waals surface area (Å²) in [6, 6.07) is 0. The number of methoxy groups -OCH3 is 1. The van der Waals surface area contributed by atoms with Crippen molar-refractivity contribution in [1.82, 2.24) is 0 Å². The van der Waals surface area contributed by atoms with E-state index >= 15 is 0 Å². The fourth-order valence-corrected chi connectivity index (χ4v) is 1.48. The molecule has 1 aliphatic rings. The molecule has 0 saturated heterocycles. The van der Waals surface area contributed by atoms with Gasteiger partial charge in [0.1, 0.15) is 5.76 Å². The molecule has 0 amide bonds. The first kappa shape index (κ1) is 9.50. The standard InChI is InChI=1S/C7H8INO3/c1-12-6-3-2-4-7(8,5-6)9(10)11/h2-3,5H,4H2,1H3. The van der Waals surface area contributed by atoms with Crippen LogP contribution in [0, 0.1) is 10.1 Å². The predicted octanol–water partition coefficient (Wildman–Crippen LogP) is 1.88. The minimum atomic E-state index is -1.03. The average Bonchev–Trinajstić information content (AvgIpc) is 2.04. The third-order valence-corrected chi connectivity index (χ3v) is 2.73. The molecule has 0 aromatic heterocycles. The summed E-state index contributed by atoms with van der Waals surface area (Å²) in [5.74, 6) is 0.548. The van der Waals surface area contributed by atoms with E-state index in [9.17, 15) is 10.1 Å². The first-order chi connectivity index (χ1) is 5.58. The van der Waals surface area contributed by atoms with Crippen molar-refractivity contribution < 1.29 is 9.66 Å². The van der Waals surface area contributed by atoms with Crippen LogP contribution in [0.25, 0.3) is 0 Å². The molecule has 0 aliphatic heterocycles. The van der Waals surface area contributed by atoms with Crippen LogP contribution < -0.4 is 0 Å². The van der Waals surface area contributed by atoms with Crippen LogP contribution in [0.3, 0.4) is 0 Å². The van der Waals surface area contributed by atoms with Gasteiger partial charge in [0.05, 0.1) is 13.5 Å². The smallest absolute Gasteiger partial charge is 0.294 e. The number of nitro groups is 1. The summed E-state index contributed by atoms with van der Waals surface area (Å²) in [4.78, 5) is 10.3. The topological polar surface area (TPSA) is 52.4 Å². The summed E-state index contributed by atoms with van der Waals surface area (Å²) in [7, 11) is 1.50. The second kappa shape index (κ2) is 3.42. The highest BCUT2D eigenvalue weighted by atomic mass is 127. The van der Waals surface area contributed by atoms with E-state index in [0.717, 1.165) is 0 Å². The van der Waals surface area contributed by atoms with Gasteiger partial charge in [-0.2, -0.15) is 0 Å². The van der Waals surface area contributed by atoms with Gasteiger partial charge in [-0.1, -0.05) is 6.08 Å². The van der Waals surface area contributed by atoms with E-state index in [1.165, 1.54) is 13.2 Å². The van der Waals surface area contributed by atoms with Crippen molar-refractivity contribution in [3.63, 3.8) is 0 Å². The molecule has 0 radical (unpaired) electrons. The first-order valence-corrected chi connectivity index (χ1v) is 4.43. The minimum Gasteiger partial charge on any atom is -0.497 e. The number of halogens is 1. The zero-order valence-electron chi connectivity index (χ0n) is 6.49. The number of allylic oxidation sites excluding steroid dienone is 1. The lowest BCUT2D eigenvalue weighted by molar-refractivity contribution is -0.516. The van der Waals surface area contributed by atoms with Crippen molar-refractivity contribution in [2.45, 2.75) is 9.97 Å². The van der Waals surface area contributed by atoms with E-state index in [4.69, 9.17) is 4.74 Å². The van der Waals surface area contributed by atoms with Crippen molar-refractivity contribution in [2.24, 2.45) is 0 Å². The molecule has 1 atom stereocenters. The van der Waals surface area contributed by atoms with E-state index in [2.05, 4.69) is 0 Å². The molecule has 0 heterocycles. The van der Waals surface area contributed by atoms with Crippen LogP contribution in [0.4, 0.5) is 0 Å². The monoisotopic (exact) mass is 281 g/mol. The molecule has 1 aliphatic carbocycles. The van der Waals surface area contributed by atoms with Crippen LogP contribution >= 0.6 is 22.6 Å². The lowest BCUT2D eigenvalue weighted by Crippen LogP contribution is -2.29. The van der Waals surface area contributed by atoms with Gasteiger partial charge in [0, 0.05) is 33.6 Å². The fourth-order valence-electron chi connectivity index (χ4n) is 0.920. The van der Waals surface area contributed by atoms with Gasteiger partial charge in [0.15, 0.2) is 0 Å². The maximum absolute atomic E-state index is 10.6. The molecule has 1 rings (SSSR count). The van der Waals surface area contributed by atoms with Crippen LogP contribution in [0.2, 0.25) is 0 Å². The molecule has 12 heavy (non-hydrogen) atoms. The maximum Gasteiger partial charge on any atom is 0.294 e. The summed E-state index contributed by atoms with van der Waals surface area (Å²) in [5, 5.41) is 10.6. The van der Waals surface area contributed by atoms with Gasteiger partial charge >= 0.3 is 0 Å².